The Hall–Kier alpha value is -3.89. The topological polar surface area (TPSA) is 131 Å². The van der Waals surface area contributed by atoms with Crippen LogP contribution >= 0.6 is 0 Å². The van der Waals surface area contributed by atoms with Crippen molar-refractivity contribution in [2.24, 2.45) is 0 Å². The maximum Gasteiger partial charge on any atom is 0.264 e. The van der Waals surface area contributed by atoms with Crippen LogP contribution in [0.25, 0.3) is 0 Å². The van der Waals surface area contributed by atoms with Gasteiger partial charge in [0.2, 0.25) is 17.7 Å². The molecule has 0 saturated carbocycles. The molecule has 0 aromatic heterocycles. The van der Waals surface area contributed by atoms with E-state index in [0.717, 1.165) is 23.3 Å². The molecule has 2 heterocycles. The predicted molar refractivity (Wildman–Crippen MR) is 137 cm³/mol. The first-order chi connectivity index (χ1) is 18.5. The van der Waals surface area contributed by atoms with Gasteiger partial charge in [-0.1, -0.05) is 42.8 Å². The fourth-order valence-corrected chi connectivity index (χ4v) is 4.48. The van der Waals surface area contributed by atoms with Crippen molar-refractivity contribution in [3.8, 4) is 0 Å². The number of rotatable bonds is 13. The summed E-state index contributed by atoms with van der Waals surface area (Å²) in [6, 6.07) is 13.5. The van der Waals surface area contributed by atoms with Gasteiger partial charge in [0.05, 0.1) is 36.6 Å². The van der Waals surface area contributed by atoms with E-state index in [9.17, 15) is 24.0 Å². The molecule has 0 radical (unpaired) electrons. The minimum absolute atomic E-state index is 0.0421. The second kappa shape index (κ2) is 13.1. The minimum Gasteiger partial charge on any atom is -0.379 e. The number of imide groups is 2. The summed E-state index contributed by atoms with van der Waals surface area (Å²) >= 11 is 0. The Labute approximate surface area is 220 Å². The van der Waals surface area contributed by atoms with E-state index in [4.69, 9.17) is 9.47 Å². The molecule has 2 aliphatic rings. The van der Waals surface area contributed by atoms with Gasteiger partial charge in [0, 0.05) is 19.4 Å². The van der Waals surface area contributed by atoms with Crippen LogP contribution in [0.3, 0.4) is 0 Å². The van der Waals surface area contributed by atoms with E-state index in [2.05, 4.69) is 10.6 Å². The van der Waals surface area contributed by atoms with Crippen LogP contribution in [0.15, 0.2) is 48.5 Å². The molecule has 38 heavy (non-hydrogen) atoms. The fourth-order valence-electron chi connectivity index (χ4n) is 4.48. The van der Waals surface area contributed by atoms with Crippen molar-refractivity contribution in [2.75, 3.05) is 25.1 Å². The van der Waals surface area contributed by atoms with Crippen LogP contribution in [-0.2, 0) is 30.5 Å². The number of nitrogens with zero attached hydrogens (tertiary/aromatic N) is 1. The average molecular weight is 522 g/mol. The van der Waals surface area contributed by atoms with Gasteiger partial charge in [0.25, 0.3) is 11.8 Å². The molecule has 0 spiro atoms. The third-order valence-corrected chi connectivity index (χ3v) is 6.42. The van der Waals surface area contributed by atoms with Gasteiger partial charge in [-0.3, -0.25) is 34.2 Å². The molecule has 0 bridgehead atoms. The Morgan fingerprint density at radius 2 is 1.68 bits per heavy atom. The van der Waals surface area contributed by atoms with Crippen molar-refractivity contribution in [3.63, 3.8) is 0 Å². The Balaban J connectivity index is 1.16. The van der Waals surface area contributed by atoms with Crippen LogP contribution in [0.5, 0.6) is 0 Å². The van der Waals surface area contributed by atoms with Crippen LogP contribution in [0.2, 0.25) is 0 Å². The molecule has 2 N–H and O–H groups in total. The van der Waals surface area contributed by atoms with Crippen LogP contribution in [0.1, 0.15) is 64.8 Å². The second-order valence-corrected chi connectivity index (χ2v) is 9.18. The molecule has 5 amide bonds. The van der Waals surface area contributed by atoms with Gasteiger partial charge in [-0.25, -0.2) is 0 Å². The highest BCUT2D eigenvalue weighted by Crippen LogP contribution is 2.32. The number of hydrogen-bond donors (Lipinski definition) is 2. The summed E-state index contributed by atoms with van der Waals surface area (Å²) in [5.74, 6) is -2.64. The highest BCUT2D eigenvalue weighted by Gasteiger charge is 2.45. The first-order valence-corrected chi connectivity index (χ1v) is 12.8. The number of unbranched alkanes of at least 4 members (excludes halogenated alkanes) is 2. The molecule has 0 aliphatic carbocycles. The van der Waals surface area contributed by atoms with E-state index < -0.39 is 29.7 Å². The van der Waals surface area contributed by atoms with E-state index in [0.29, 0.717) is 32.8 Å². The number of anilines is 1. The van der Waals surface area contributed by atoms with Crippen molar-refractivity contribution in [3.05, 3.63) is 65.2 Å². The zero-order chi connectivity index (χ0) is 26.9. The highest BCUT2D eigenvalue weighted by molar-refractivity contribution is 6.26. The molecule has 10 heteroatoms. The van der Waals surface area contributed by atoms with Crippen LogP contribution < -0.4 is 10.6 Å². The molecule has 10 nitrogen and oxygen atoms in total. The third kappa shape index (κ3) is 6.70. The Morgan fingerprint density at radius 1 is 0.895 bits per heavy atom. The van der Waals surface area contributed by atoms with Crippen LogP contribution in [0, 0.1) is 0 Å². The standard InChI is InChI=1S/C28H31N3O7/c32-23(12-5-2-6-15-37-16-17-38-18-19-8-3-1-4-9-19)29-21-11-7-10-20-25(21)28(36)31(27(20)35)22-13-14-24(33)30-26(22)34/h1,3-4,7-11,22H,2,5-6,12-18H2,(H,29,32)(H,30,33,34). The monoisotopic (exact) mass is 521 g/mol. The maximum atomic E-state index is 13.1. The molecule has 1 unspecified atom stereocenters. The van der Waals surface area contributed by atoms with E-state index >= 15 is 0 Å². The lowest BCUT2D eigenvalue weighted by atomic mass is 10.0. The number of ether oxygens (including phenoxy) is 2. The summed E-state index contributed by atoms with van der Waals surface area (Å²) in [7, 11) is 0. The number of nitrogens with one attached hydrogen (secondary N) is 2. The number of fused-ring (bicyclic) bond motifs is 1. The van der Waals surface area contributed by atoms with Gasteiger partial charge >= 0.3 is 0 Å². The van der Waals surface area contributed by atoms with Crippen molar-refractivity contribution >= 4 is 35.2 Å². The number of amides is 5. The van der Waals surface area contributed by atoms with Gasteiger partial charge in [-0.05, 0) is 37.0 Å². The van der Waals surface area contributed by atoms with Gasteiger partial charge in [0.1, 0.15) is 6.04 Å². The summed E-state index contributed by atoms with van der Waals surface area (Å²) < 4.78 is 11.1. The molecule has 1 saturated heterocycles. The zero-order valence-corrected chi connectivity index (χ0v) is 21.1. The molecule has 2 aromatic rings. The molecule has 1 fully saturated rings. The zero-order valence-electron chi connectivity index (χ0n) is 21.1. The molecule has 2 aliphatic heterocycles. The van der Waals surface area contributed by atoms with Gasteiger partial charge in [-0.15, -0.1) is 0 Å². The molecule has 200 valence electrons. The Kier molecular flexibility index (Phi) is 9.34. The number of carbonyl (C=O) groups is 5. The highest BCUT2D eigenvalue weighted by atomic mass is 16.5. The first-order valence-electron chi connectivity index (χ1n) is 12.8. The SMILES string of the molecule is O=C1CCC(N2C(=O)c3cccc(NC(=O)CCCCCOCCOCc4ccccc4)c3C2=O)C(=O)N1. The Morgan fingerprint density at radius 3 is 2.47 bits per heavy atom. The normalized spacial score (nSPS) is 16.9. The van der Waals surface area contributed by atoms with Crippen molar-refractivity contribution < 1.29 is 33.4 Å². The maximum absolute atomic E-state index is 13.1. The lowest BCUT2D eigenvalue weighted by Gasteiger charge is -2.27. The third-order valence-electron chi connectivity index (χ3n) is 6.42. The number of carbonyl (C=O) groups excluding carboxylic acids is 5. The quantitative estimate of drug-likeness (QED) is 0.306. The van der Waals surface area contributed by atoms with E-state index in [1.54, 1.807) is 12.1 Å². The van der Waals surface area contributed by atoms with Gasteiger partial charge < -0.3 is 14.8 Å². The van der Waals surface area contributed by atoms with Crippen LogP contribution in [0.4, 0.5) is 5.69 Å². The summed E-state index contributed by atoms with van der Waals surface area (Å²) in [5.41, 5.74) is 1.55. The number of benzene rings is 2. The molecular weight excluding hydrogens is 490 g/mol. The van der Waals surface area contributed by atoms with Gasteiger partial charge in [-0.2, -0.15) is 0 Å². The minimum atomic E-state index is -1.05. The molecule has 2 aromatic carbocycles. The van der Waals surface area contributed by atoms with Crippen LogP contribution in [-0.4, -0.2) is 60.3 Å². The molecule has 1 atom stereocenters. The summed E-state index contributed by atoms with van der Waals surface area (Å²) in [4.78, 5) is 63.1. The summed E-state index contributed by atoms with van der Waals surface area (Å²) in [6.45, 7) is 2.16. The molecular formula is C28H31N3O7. The first kappa shape index (κ1) is 27.2. The van der Waals surface area contributed by atoms with Crippen molar-refractivity contribution in [1.82, 2.24) is 10.2 Å². The average Bonchev–Trinajstić information content (AvgIpc) is 3.16. The van der Waals surface area contributed by atoms with E-state index in [1.807, 2.05) is 30.3 Å². The number of hydrogen-bond acceptors (Lipinski definition) is 7. The smallest absolute Gasteiger partial charge is 0.264 e. The summed E-state index contributed by atoms with van der Waals surface area (Å²) in [6.07, 6.45) is 2.61. The van der Waals surface area contributed by atoms with Gasteiger partial charge in [0.15, 0.2) is 0 Å². The van der Waals surface area contributed by atoms with E-state index in [1.165, 1.54) is 6.07 Å². The largest absolute Gasteiger partial charge is 0.379 e. The second-order valence-electron chi connectivity index (χ2n) is 9.18. The molecule has 4 rings (SSSR count). The Bertz CT molecular complexity index is 1200. The van der Waals surface area contributed by atoms with Crippen molar-refractivity contribution in [1.29, 1.82) is 0 Å². The van der Waals surface area contributed by atoms with Crippen molar-refractivity contribution in [2.45, 2.75) is 51.2 Å². The predicted octanol–water partition coefficient (Wildman–Crippen LogP) is 2.82. The summed E-state index contributed by atoms with van der Waals surface area (Å²) in [5, 5.41) is 4.90. The lowest BCUT2D eigenvalue weighted by Crippen LogP contribution is -2.54. The van der Waals surface area contributed by atoms with E-state index in [-0.39, 0.29) is 42.0 Å². The fraction of sp³-hybridized carbons (Fsp3) is 0.393. The lowest BCUT2D eigenvalue weighted by molar-refractivity contribution is -0.136. The number of piperidine rings is 1.